The molecule has 0 saturated carbocycles. The molecule has 1 aromatic heterocycles. The van der Waals surface area contributed by atoms with E-state index in [0.717, 1.165) is 37.9 Å². The molecule has 2 aliphatic rings. The number of morpholine rings is 1. The molecule has 0 radical (unpaired) electrons. The van der Waals surface area contributed by atoms with Crippen molar-refractivity contribution in [2.45, 2.75) is 38.9 Å². The minimum atomic E-state index is 0.377. The first kappa shape index (κ1) is 14.8. The van der Waals surface area contributed by atoms with Crippen LogP contribution >= 0.6 is 0 Å². The van der Waals surface area contributed by atoms with Gasteiger partial charge in [0.05, 0.1) is 12.2 Å². The summed E-state index contributed by atoms with van der Waals surface area (Å²) in [5.74, 6) is 1.95. The molecule has 1 aromatic rings. The lowest BCUT2D eigenvalue weighted by molar-refractivity contribution is -0.0720. The maximum atomic E-state index is 5.82. The van der Waals surface area contributed by atoms with Crippen molar-refractivity contribution in [1.82, 2.24) is 9.88 Å². The van der Waals surface area contributed by atoms with Crippen LogP contribution in [-0.2, 0) is 4.74 Å². The summed E-state index contributed by atoms with van der Waals surface area (Å²) in [5, 5.41) is 0. The maximum Gasteiger partial charge on any atom is 0.128 e. The molecule has 3 rings (SSSR count). The highest BCUT2D eigenvalue weighted by atomic mass is 16.5. The van der Waals surface area contributed by atoms with E-state index in [9.17, 15) is 0 Å². The number of ether oxygens (including phenoxy) is 1. The lowest BCUT2D eigenvalue weighted by Crippen LogP contribution is -2.48. The maximum absolute atomic E-state index is 5.82. The highest BCUT2D eigenvalue weighted by Gasteiger charge is 2.26. The van der Waals surface area contributed by atoms with Gasteiger partial charge < -0.3 is 9.64 Å². The van der Waals surface area contributed by atoms with E-state index in [1.54, 1.807) is 0 Å². The van der Waals surface area contributed by atoms with Crippen molar-refractivity contribution in [1.29, 1.82) is 0 Å². The number of pyridine rings is 1. The standard InChI is InChI=1S/C17H27N3O/c1-14-11-19(12-15(2)21-14)13-16-6-9-20(10-7-16)17-5-3-4-8-18-17/h3-5,8,14-16H,6-7,9-13H2,1-2H3. The Morgan fingerprint density at radius 2 is 1.86 bits per heavy atom. The van der Waals surface area contributed by atoms with Gasteiger partial charge in [-0.2, -0.15) is 0 Å². The van der Waals surface area contributed by atoms with Gasteiger partial charge in [-0.15, -0.1) is 0 Å². The van der Waals surface area contributed by atoms with Gasteiger partial charge in [-0.25, -0.2) is 4.98 Å². The van der Waals surface area contributed by atoms with Crippen LogP contribution in [0.2, 0.25) is 0 Å². The third-order valence-corrected chi connectivity index (χ3v) is 4.60. The molecule has 0 aliphatic carbocycles. The fourth-order valence-corrected chi connectivity index (χ4v) is 3.68. The van der Waals surface area contributed by atoms with Crippen LogP contribution in [0.25, 0.3) is 0 Å². The smallest absolute Gasteiger partial charge is 0.128 e. The summed E-state index contributed by atoms with van der Waals surface area (Å²) in [5.41, 5.74) is 0. The van der Waals surface area contributed by atoms with Gasteiger partial charge in [0.25, 0.3) is 0 Å². The Labute approximate surface area is 128 Å². The Balaban J connectivity index is 1.48. The minimum Gasteiger partial charge on any atom is -0.373 e. The van der Waals surface area contributed by atoms with E-state index in [-0.39, 0.29) is 0 Å². The van der Waals surface area contributed by atoms with Crippen molar-refractivity contribution in [2.24, 2.45) is 5.92 Å². The summed E-state index contributed by atoms with van der Waals surface area (Å²) in [7, 11) is 0. The molecule has 2 saturated heterocycles. The lowest BCUT2D eigenvalue weighted by Gasteiger charge is -2.39. The van der Waals surface area contributed by atoms with Gasteiger partial charge in [-0.05, 0) is 44.7 Å². The molecular formula is C17H27N3O. The molecule has 116 valence electrons. The van der Waals surface area contributed by atoms with Crippen molar-refractivity contribution in [2.75, 3.05) is 37.6 Å². The van der Waals surface area contributed by atoms with Crippen molar-refractivity contribution < 1.29 is 4.74 Å². The number of rotatable bonds is 3. The van der Waals surface area contributed by atoms with E-state index >= 15 is 0 Å². The van der Waals surface area contributed by atoms with Gasteiger partial charge in [0.2, 0.25) is 0 Å². The molecule has 2 unspecified atom stereocenters. The minimum absolute atomic E-state index is 0.377. The summed E-state index contributed by atoms with van der Waals surface area (Å²) in [4.78, 5) is 9.48. The summed E-state index contributed by atoms with van der Waals surface area (Å²) >= 11 is 0. The number of piperidine rings is 1. The van der Waals surface area contributed by atoms with Gasteiger partial charge in [-0.1, -0.05) is 6.07 Å². The summed E-state index contributed by atoms with van der Waals surface area (Å²) in [6.45, 7) is 10.1. The number of hydrogen-bond acceptors (Lipinski definition) is 4. The van der Waals surface area contributed by atoms with E-state index in [1.165, 1.54) is 19.4 Å². The lowest BCUT2D eigenvalue weighted by atomic mass is 9.95. The number of aromatic nitrogens is 1. The molecule has 2 atom stereocenters. The van der Waals surface area contributed by atoms with Crippen LogP contribution in [0.15, 0.2) is 24.4 Å². The van der Waals surface area contributed by atoms with Crippen LogP contribution in [0.5, 0.6) is 0 Å². The third kappa shape index (κ3) is 3.95. The van der Waals surface area contributed by atoms with E-state index in [2.05, 4.69) is 40.8 Å². The first-order valence-corrected chi connectivity index (χ1v) is 8.24. The first-order valence-electron chi connectivity index (χ1n) is 8.24. The quantitative estimate of drug-likeness (QED) is 0.854. The molecule has 0 bridgehead atoms. The second-order valence-electron chi connectivity index (χ2n) is 6.59. The van der Waals surface area contributed by atoms with Crippen molar-refractivity contribution in [3.63, 3.8) is 0 Å². The third-order valence-electron chi connectivity index (χ3n) is 4.60. The van der Waals surface area contributed by atoms with Gasteiger partial charge >= 0.3 is 0 Å². The molecule has 2 fully saturated rings. The van der Waals surface area contributed by atoms with Crippen LogP contribution in [-0.4, -0.2) is 54.8 Å². The van der Waals surface area contributed by atoms with Crippen molar-refractivity contribution in [3.8, 4) is 0 Å². The molecule has 2 aliphatic heterocycles. The molecule has 21 heavy (non-hydrogen) atoms. The number of anilines is 1. The number of hydrogen-bond donors (Lipinski definition) is 0. The Morgan fingerprint density at radius 3 is 2.48 bits per heavy atom. The highest BCUT2D eigenvalue weighted by molar-refractivity contribution is 5.37. The van der Waals surface area contributed by atoms with Gasteiger partial charge in [0, 0.05) is 38.9 Å². The zero-order chi connectivity index (χ0) is 14.7. The molecular weight excluding hydrogens is 262 g/mol. The Kier molecular flexibility index (Phi) is 4.76. The SMILES string of the molecule is CC1CN(CC2CCN(c3ccccn3)CC2)CC(C)O1. The first-order chi connectivity index (χ1) is 10.2. The van der Waals surface area contributed by atoms with Crippen LogP contribution in [0.4, 0.5) is 5.82 Å². The second kappa shape index (κ2) is 6.75. The fourth-order valence-electron chi connectivity index (χ4n) is 3.68. The largest absolute Gasteiger partial charge is 0.373 e. The van der Waals surface area contributed by atoms with Crippen LogP contribution < -0.4 is 4.90 Å². The molecule has 3 heterocycles. The van der Waals surface area contributed by atoms with E-state index in [0.29, 0.717) is 12.2 Å². The monoisotopic (exact) mass is 289 g/mol. The van der Waals surface area contributed by atoms with Gasteiger partial charge in [0.15, 0.2) is 0 Å². The normalized spacial score (nSPS) is 28.8. The fraction of sp³-hybridized carbons (Fsp3) is 0.706. The van der Waals surface area contributed by atoms with Crippen molar-refractivity contribution >= 4 is 5.82 Å². The summed E-state index contributed by atoms with van der Waals surface area (Å²) in [6, 6.07) is 6.17. The van der Waals surface area contributed by atoms with Gasteiger partial charge in [0.1, 0.15) is 5.82 Å². The average molecular weight is 289 g/mol. The molecule has 0 spiro atoms. The zero-order valence-corrected chi connectivity index (χ0v) is 13.2. The Morgan fingerprint density at radius 1 is 1.14 bits per heavy atom. The Hall–Kier alpha value is -1.13. The van der Waals surface area contributed by atoms with E-state index in [4.69, 9.17) is 4.74 Å². The van der Waals surface area contributed by atoms with Crippen LogP contribution in [0.1, 0.15) is 26.7 Å². The summed E-state index contributed by atoms with van der Waals surface area (Å²) < 4.78 is 5.82. The molecule has 4 nitrogen and oxygen atoms in total. The molecule has 4 heteroatoms. The van der Waals surface area contributed by atoms with E-state index in [1.807, 2.05) is 12.3 Å². The Bertz CT molecular complexity index is 421. The molecule has 0 N–H and O–H groups in total. The summed E-state index contributed by atoms with van der Waals surface area (Å²) in [6.07, 6.45) is 5.19. The zero-order valence-electron chi connectivity index (χ0n) is 13.2. The van der Waals surface area contributed by atoms with Crippen LogP contribution in [0, 0.1) is 5.92 Å². The predicted octanol–water partition coefficient (Wildman–Crippen LogP) is 2.41. The molecule has 0 amide bonds. The van der Waals surface area contributed by atoms with Gasteiger partial charge in [-0.3, -0.25) is 4.90 Å². The highest BCUT2D eigenvalue weighted by Crippen LogP contribution is 2.23. The van der Waals surface area contributed by atoms with E-state index < -0.39 is 0 Å². The predicted molar refractivity (Wildman–Crippen MR) is 85.6 cm³/mol. The van der Waals surface area contributed by atoms with Crippen molar-refractivity contribution in [3.05, 3.63) is 24.4 Å². The topological polar surface area (TPSA) is 28.6 Å². The molecule has 0 aromatic carbocycles. The number of nitrogens with zero attached hydrogens (tertiary/aromatic N) is 3. The average Bonchev–Trinajstić information content (AvgIpc) is 2.48. The van der Waals surface area contributed by atoms with Crippen LogP contribution in [0.3, 0.4) is 0 Å². The second-order valence-corrected chi connectivity index (χ2v) is 6.59.